The second-order valence-electron chi connectivity index (χ2n) is 9.63. The number of hydrogen-bond donors (Lipinski definition) is 0. The van der Waals surface area contributed by atoms with Crippen LogP contribution in [0, 0.1) is 0 Å². The lowest BCUT2D eigenvalue weighted by Gasteiger charge is -2.21. The van der Waals surface area contributed by atoms with Crippen LogP contribution in [-0.4, -0.2) is 4.98 Å². The first-order valence-corrected chi connectivity index (χ1v) is 11.6. The van der Waals surface area contributed by atoms with E-state index in [1.807, 2.05) is 6.20 Å². The third-order valence-electron chi connectivity index (χ3n) is 7.52. The average molecular weight is 422 g/mol. The molecule has 0 saturated heterocycles. The third-order valence-corrected chi connectivity index (χ3v) is 7.52. The average Bonchev–Trinajstić information content (AvgIpc) is 3.09. The molecule has 0 N–H and O–H groups in total. The lowest BCUT2D eigenvalue weighted by molar-refractivity contribution is 0.660. The van der Waals surface area contributed by atoms with E-state index in [4.69, 9.17) is 4.98 Å². The quantitative estimate of drug-likeness (QED) is 0.242. The van der Waals surface area contributed by atoms with Gasteiger partial charge in [0.1, 0.15) is 0 Å². The molecular formula is C32H23N. The van der Waals surface area contributed by atoms with Gasteiger partial charge in [-0.1, -0.05) is 98.8 Å². The Balaban J connectivity index is 1.49. The zero-order chi connectivity index (χ0) is 22.2. The van der Waals surface area contributed by atoms with Crippen molar-refractivity contribution in [2.75, 3.05) is 0 Å². The highest BCUT2D eigenvalue weighted by molar-refractivity contribution is 6.18. The summed E-state index contributed by atoms with van der Waals surface area (Å²) < 4.78 is 0. The van der Waals surface area contributed by atoms with Gasteiger partial charge < -0.3 is 0 Å². The van der Waals surface area contributed by atoms with Crippen LogP contribution in [0.4, 0.5) is 0 Å². The molecule has 0 aliphatic heterocycles. The molecule has 1 aromatic heterocycles. The molecule has 1 aliphatic carbocycles. The van der Waals surface area contributed by atoms with Gasteiger partial charge in [-0.3, -0.25) is 4.98 Å². The summed E-state index contributed by atoms with van der Waals surface area (Å²) in [7, 11) is 0. The Kier molecular flexibility index (Phi) is 3.67. The van der Waals surface area contributed by atoms with Crippen LogP contribution in [0.15, 0.2) is 103 Å². The number of fused-ring (bicyclic) bond motifs is 8. The Morgan fingerprint density at radius 3 is 2.18 bits per heavy atom. The highest BCUT2D eigenvalue weighted by Crippen LogP contribution is 2.49. The summed E-state index contributed by atoms with van der Waals surface area (Å²) in [6.07, 6.45) is 1.96. The Morgan fingerprint density at radius 1 is 0.545 bits per heavy atom. The molecule has 7 rings (SSSR count). The van der Waals surface area contributed by atoms with Crippen LogP contribution in [0.1, 0.15) is 25.0 Å². The Morgan fingerprint density at radius 2 is 1.24 bits per heavy atom. The standard InChI is InChI=1S/C32H23N/c1-32(2)29-10-6-5-9-26(29)28-19-21(12-16-30(28)32)31-27-15-14-23-22-8-4-3-7-20(22)11-13-24(23)25(27)17-18-33-31/h3-19H,1-2H3. The lowest BCUT2D eigenvalue weighted by Crippen LogP contribution is -2.14. The monoisotopic (exact) mass is 421 g/mol. The van der Waals surface area contributed by atoms with Crippen LogP contribution in [-0.2, 0) is 5.41 Å². The van der Waals surface area contributed by atoms with Crippen molar-refractivity contribution in [1.82, 2.24) is 4.98 Å². The van der Waals surface area contributed by atoms with E-state index < -0.39 is 0 Å². The molecule has 0 fully saturated rings. The smallest absolute Gasteiger partial charge is 0.0780 e. The molecule has 0 spiro atoms. The van der Waals surface area contributed by atoms with Crippen LogP contribution in [0.2, 0.25) is 0 Å². The molecule has 1 nitrogen and oxygen atoms in total. The first kappa shape index (κ1) is 18.6. The van der Waals surface area contributed by atoms with Gasteiger partial charge in [-0.25, -0.2) is 0 Å². The fourth-order valence-corrected chi connectivity index (χ4v) is 5.85. The molecule has 0 unspecified atom stereocenters. The molecule has 33 heavy (non-hydrogen) atoms. The molecule has 1 heteroatoms. The van der Waals surface area contributed by atoms with Crippen molar-refractivity contribution in [1.29, 1.82) is 0 Å². The van der Waals surface area contributed by atoms with Gasteiger partial charge >= 0.3 is 0 Å². The zero-order valence-corrected chi connectivity index (χ0v) is 18.8. The van der Waals surface area contributed by atoms with Crippen molar-refractivity contribution in [2.45, 2.75) is 19.3 Å². The van der Waals surface area contributed by atoms with E-state index in [1.54, 1.807) is 0 Å². The molecule has 6 aromatic rings. The summed E-state index contributed by atoms with van der Waals surface area (Å²) in [4.78, 5) is 4.86. The fraction of sp³-hybridized carbons (Fsp3) is 0.0938. The van der Waals surface area contributed by atoms with Crippen molar-refractivity contribution < 1.29 is 0 Å². The van der Waals surface area contributed by atoms with Gasteiger partial charge in [0.15, 0.2) is 0 Å². The minimum Gasteiger partial charge on any atom is -0.256 e. The minimum absolute atomic E-state index is 0.0217. The van der Waals surface area contributed by atoms with Gasteiger partial charge in [0, 0.05) is 22.6 Å². The van der Waals surface area contributed by atoms with E-state index in [1.165, 1.54) is 60.1 Å². The third kappa shape index (κ3) is 2.51. The normalized spacial score (nSPS) is 14.0. The second-order valence-corrected chi connectivity index (χ2v) is 9.63. The van der Waals surface area contributed by atoms with Gasteiger partial charge in [0.25, 0.3) is 0 Å². The van der Waals surface area contributed by atoms with Crippen molar-refractivity contribution >= 4 is 32.3 Å². The largest absolute Gasteiger partial charge is 0.256 e. The number of pyridine rings is 1. The number of rotatable bonds is 1. The summed E-state index contributed by atoms with van der Waals surface area (Å²) in [5.74, 6) is 0. The summed E-state index contributed by atoms with van der Waals surface area (Å²) in [6.45, 7) is 4.65. The summed E-state index contributed by atoms with van der Waals surface area (Å²) in [5.41, 5.74) is 7.72. The van der Waals surface area contributed by atoms with Gasteiger partial charge in [0.05, 0.1) is 5.69 Å². The molecule has 0 saturated carbocycles. The van der Waals surface area contributed by atoms with Gasteiger partial charge in [-0.15, -0.1) is 0 Å². The van der Waals surface area contributed by atoms with Crippen LogP contribution in [0.5, 0.6) is 0 Å². The highest BCUT2D eigenvalue weighted by Gasteiger charge is 2.35. The predicted molar refractivity (Wildman–Crippen MR) is 140 cm³/mol. The zero-order valence-electron chi connectivity index (χ0n) is 18.8. The summed E-state index contributed by atoms with van der Waals surface area (Å²) >= 11 is 0. The minimum atomic E-state index is 0.0217. The van der Waals surface area contributed by atoms with Crippen molar-refractivity contribution in [2.24, 2.45) is 0 Å². The van der Waals surface area contributed by atoms with E-state index in [2.05, 4.69) is 111 Å². The molecular weight excluding hydrogens is 398 g/mol. The summed E-state index contributed by atoms with van der Waals surface area (Å²) in [6, 6.07) is 35.5. The Hall–Kier alpha value is -3.97. The number of aromatic nitrogens is 1. The van der Waals surface area contributed by atoms with E-state index in [0.717, 1.165) is 5.69 Å². The Bertz CT molecular complexity index is 1740. The van der Waals surface area contributed by atoms with Crippen molar-refractivity contribution in [3.63, 3.8) is 0 Å². The fourth-order valence-electron chi connectivity index (χ4n) is 5.85. The highest BCUT2D eigenvalue weighted by atomic mass is 14.7. The maximum atomic E-state index is 4.86. The Labute approximate surface area is 193 Å². The van der Waals surface area contributed by atoms with Crippen LogP contribution < -0.4 is 0 Å². The van der Waals surface area contributed by atoms with E-state index in [-0.39, 0.29) is 5.41 Å². The number of benzene rings is 5. The topological polar surface area (TPSA) is 12.9 Å². The first-order chi connectivity index (χ1) is 16.1. The predicted octanol–water partition coefficient (Wildman–Crippen LogP) is 8.51. The van der Waals surface area contributed by atoms with E-state index in [9.17, 15) is 0 Å². The van der Waals surface area contributed by atoms with Gasteiger partial charge in [0.2, 0.25) is 0 Å². The second kappa shape index (κ2) is 6.52. The molecule has 156 valence electrons. The molecule has 5 aromatic carbocycles. The van der Waals surface area contributed by atoms with Crippen LogP contribution in [0.3, 0.4) is 0 Å². The SMILES string of the molecule is CC1(C)c2ccccc2-c2cc(-c3nccc4c3ccc3c5ccccc5ccc43)ccc21. The number of hydrogen-bond acceptors (Lipinski definition) is 1. The molecule has 0 amide bonds. The van der Waals surface area contributed by atoms with Gasteiger partial charge in [-0.2, -0.15) is 0 Å². The maximum absolute atomic E-state index is 4.86. The van der Waals surface area contributed by atoms with E-state index in [0.29, 0.717) is 0 Å². The lowest BCUT2D eigenvalue weighted by atomic mass is 9.82. The number of nitrogens with zero attached hydrogens (tertiary/aromatic N) is 1. The first-order valence-electron chi connectivity index (χ1n) is 11.6. The molecule has 0 radical (unpaired) electrons. The van der Waals surface area contributed by atoms with E-state index >= 15 is 0 Å². The van der Waals surface area contributed by atoms with Crippen molar-refractivity contribution in [3.8, 4) is 22.4 Å². The molecule has 1 heterocycles. The van der Waals surface area contributed by atoms with Crippen molar-refractivity contribution in [3.05, 3.63) is 114 Å². The molecule has 0 bridgehead atoms. The van der Waals surface area contributed by atoms with Gasteiger partial charge in [-0.05, 0) is 61.3 Å². The maximum Gasteiger partial charge on any atom is 0.0780 e. The summed E-state index contributed by atoms with van der Waals surface area (Å²) in [5, 5.41) is 7.60. The van der Waals surface area contributed by atoms with Crippen LogP contribution in [0.25, 0.3) is 54.7 Å². The molecule has 0 atom stereocenters. The molecule has 1 aliphatic rings. The van der Waals surface area contributed by atoms with Crippen LogP contribution >= 0.6 is 0 Å².